The number of aryl methyl sites for hydroxylation is 1. The second kappa shape index (κ2) is 6.91. The number of anilines is 2. The third-order valence-electron chi connectivity index (χ3n) is 5.03. The second-order valence-electron chi connectivity index (χ2n) is 6.79. The summed E-state index contributed by atoms with van der Waals surface area (Å²) >= 11 is 0. The molecule has 0 unspecified atom stereocenters. The van der Waals surface area contributed by atoms with Gasteiger partial charge in [0.25, 0.3) is 0 Å². The number of ether oxygens (including phenoxy) is 1. The Balaban J connectivity index is 1.55. The summed E-state index contributed by atoms with van der Waals surface area (Å²) in [5, 5.41) is 14.2. The molecule has 142 valence electrons. The number of para-hydroxylation sites is 2. The standard InChI is InChI=1S/C23H19N5O/c1-15-17-7-3-4-8-18(17)23(27-26-15)25-16-11-12-20-19(13-16)24-14-28(20)21-9-5-6-10-22(21)29-2/h3-14H,1-2H3,(H,25,27). The van der Waals surface area contributed by atoms with Crippen LogP contribution in [0.25, 0.3) is 27.5 Å². The van der Waals surface area contributed by atoms with Crippen LogP contribution in [0.2, 0.25) is 0 Å². The van der Waals surface area contributed by atoms with Crippen molar-refractivity contribution in [1.82, 2.24) is 19.7 Å². The van der Waals surface area contributed by atoms with Crippen LogP contribution in [0.5, 0.6) is 5.75 Å². The van der Waals surface area contributed by atoms with E-state index in [4.69, 9.17) is 4.74 Å². The van der Waals surface area contributed by atoms with E-state index in [0.29, 0.717) is 0 Å². The van der Waals surface area contributed by atoms with Gasteiger partial charge in [0, 0.05) is 16.5 Å². The molecule has 5 rings (SSSR count). The molecule has 0 aliphatic rings. The molecule has 0 amide bonds. The van der Waals surface area contributed by atoms with Crippen LogP contribution in [0.4, 0.5) is 11.5 Å². The van der Waals surface area contributed by atoms with Crippen LogP contribution in [0.1, 0.15) is 5.69 Å². The van der Waals surface area contributed by atoms with Crippen molar-refractivity contribution in [2.45, 2.75) is 6.92 Å². The van der Waals surface area contributed by atoms with Gasteiger partial charge >= 0.3 is 0 Å². The lowest BCUT2D eigenvalue weighted by Gasteiger charge is -2.11. The number of nitrogens with zero attached hydrogens (tertiary/aromatic N) is 4. The normalized spacial score (nSPS) is 11.1. The second-order valence-corrected chi connectivity index (χ2v) is 6.79. The number of benzene rings is 3. The van der Waals surface area contributed by atoms with Crippen molar-refractivity contribution in [3.8, 4) is 11.4 Å². The van der Waals surface area contributed by atoms with Crippen molar-refractivity contribution in [1.29, 1.82) is 0 Å². The largest absolute Gasteiger partial charge is 0.495 e. The highest BCUT2D eigenvalue weighted by atomic mass is 16.5. The molecule has 0 fully saturated rings. The number of hydrogen-bond donors (Lipinski definition) is 1. The predicted molar refractivity (Wildman–Crippen MR) is 115 cm³/mol. The molecule has 0 spiro atoms. The molecule has 1 N–H and O–H groups in total. The van der Waals surface area contributed by atoms with Gasteiger partial charge in [-0.3, -0.25) is 4.57 Å². The molecule has 3 aromatic carbocycles. The van der Waals surface area contributed by atoms with Gasteiger partial charge < -0.3 is 10.1 Å². The van der Waals surface area contributed by atoms with Crippen molar-refractivity contribution >= 4 is 33.3 Å². The lowest BCUT2D eigenvalue weighted by molar-refractivity contribution is 0.413. The smallest absolute Gasteiger partial charge is 0.160 e. The summed E-state index contributed by atoms with van der Waals surface area (Å²) in [7, 11) is 1.67. The van der Waals surface area contributed by atoms with Crippen molar-refractivity contribution in [3.63, 3.8) is 0 Å². The van der Waals surface area contributed by atoms with E-state index < -0.39 is 0 Å². The molecule has 0 radical (unpaired) electrons. The zero-order chi connectivity index (χ0) is 19.8. The summed E-state index contributed by atoms with van der Waals surface area (Å²) < 4.78 is 7.52. The number of fused-ring (bicyclic) bond motifs is 2. The first-order valence-corrected chi connectivity index (χ1v) is 9.34. The van der Waals surface area contributed by atoms with E-state index in [0.717, 1.165) is 50.4 Å². The van der Waals surface area contributed by atoms with Gasteiger partial charge in [0.2, 0.25) is 0 Å². The molecule has 2 heterocycles. The Morgan fingerprint density at radius 3 is 2.55 bits per heavy atom. The summed E-state index contributed by atoms with van der Waals surface area (Å²) in [6, 6.07) is 22.1. The van der Waals surface area contributed by atoms with Crippen molar-refractivity contribution in [3.05, 3.63) is 78.8 Å². The summed E-state index contributed by atoms with van der Waals surface area (Å²) in [6.07, 6.45) is 1.81. The molecule has 6 heteroatoms. The third-order valence-corrected chi connectivity index (χ3v) is 5.03. The Labute approximate surface area is 167 Å². The molecule has 6 nitrogen and oxygen atoms in total. The fourth-order valence-electron chi connectivity index (χ4n) is 3.58. The van der Waals surface area contributed by atoms with Gasteiger partial charge in [-0.15, -0.1) is 5.10 Å². The van der Waals surface area contributed by atoms with Crippen LogP contribution in [-0.2, 0) is 0 Å². The Kier molecular flexibility index (Phi) is 4.09. The lowest BCUT2D eigenvalue weighted by Crippen LogP contribution is -1.99. The van der Waals surface area contributed by atoms with Crippen molar-refractivity contribution < 1.29 is 4.74 Å². The van der Waals surface area contributed by atoms with Gasteiger partial charge in [0.05, 0.1) is 29.5 Å². The van der Waals surface area contributed by atoms with E-state index in [2.05, 4.69) is 26.6 Å². The lowest BCUT2D eigenvalue weighted by atomic mass is 10.1. The van der Waals surface area contributed by atoms with Gasteiger partial charge in [0.1, 0.15) is 12.1 Å². The molecule has 0 aliphatic carbocycles. The predicted octanol–water partition coefficient (Wildman–Crippen LogP) is 5.03. The molecule has 2 aromatic heterocycles. The van der Waals surface area contributed by atoms with E-state index in [-0.39, 0.29) is 0 Å². The van der Waals surface area contributed by atoms with Crippen LogP contribution >= 0.6 is 0 Å². The molecular weight excluding hydrogens is 362 g/mol. The molecule has 0 atom stereocenters. The van der Waals surface area contributed by atoms with E-state index >= 15 is 0 Å². The summed E-state index contributed by atoms with van der Waals surface area (Å²) in [4.78, 5) is 4.58. The van der Waals surface area contributed by atoms with Gasteiger partial charge in [-0.25, -0.2) is 4.98 Å². The number of aromatic nitrogens is 4. The van der Waals surface area contributed by atoms with E-state index in [1.807, 2.05) is 78.5 Å². The number of rotatable bonds is 4. The van der Waals surface area contributed by atoms with Gasteiger partial charge in [-0.2, -0.15) is 5.10 Å². The maximum Gasteiger partial charge on any atom is 0.160 e. The minimum Gasteiger partial charge on any atom is -0.495 e. The quantitative estimate of drug-likeness (QED) is 0.473. The summed E-state index contributed by atoms with van der Waals surface area (Å²) in [6.45, 7) is 1.97. The van der Waals surface area contributed by atoms with Crippen LogP contribution < -0.4 is 10.1 Å². The molecule has 0 bridgehead atoms. The third kappa shape index (κ3) is 2.95. The average Bonchev–Trinajstić information content (AvgIpc) is 3.19. The zero-order valence-corrected chi connectivity index (χ0v) is 16.1. The SMILES string of the molecule is COc1ccccc1-n1cnc2cc(Nc3nnc(C)c4ccccc34)ccc21. The number of nitrogens with one attached hydrogen (secondary N) is 1. The number of methoxy groups -OCH3 is 1. The Morgan fingerprint density at radius 1 is 0.897 bits per heavy atom. The summed E-state index contributed by atoms with van der Waals surface area (Å²) in [5.41, 5.74) is 4.65. The number of hydrogen-bond acceptors (Lipinski definition) is 5. The molecule has 5 aromatic rings. The van der Waals surface area contributed by atoms with Gasteiger partial charge in [0.15, 0.2) is 5.82 Å². The highest BCUT2D eigenvalue weighted by Crippen LogP contribution is 2.29. The highest BCUT2D eigenvalue weighted by Gasteiger charge is 2.11. The molecule has 0 saturated heterocycles. The molecule has 0 aliphatic heterocycles. The average molecular weight is 381 g/mol. The van der Waals surface area contributed by atoms with Crippen molar-refractivity contribution in [2.24, 2.45) is 0 Å². The van der Waals surface area contributed by atoms with Crippen LogP contribution in [0, 0.1) is 6.92 Å². The maximum absolute atomic E-state index is 5.50. The van der Waals surface area contributed by atoms with Gasteiger partial charge in [-0.05, 0) is 37.3 Å². The van der Waals surface area contributed by atoms with Crippen LogP contribution in [0.15, 0.2) is 73.1 Å². The van der Waals surface area contributed by atoms with E-state index in [9.17, 15) is 0 Å². The fraction of sp³-hybridized carbons (Fsp3) is 0.0870. The van der Waals surface area contributed by atoms with Gasteiger partial charge in [-0.1, -0.05) is 36.4 Å². The van der Waals surface area contributed by atoms with E-state index in [1.165, 1.54) is 0 Å². The summed E-state index contributed by atoms with van der Waals surface area (Å²) in [5.74, 6) is 1.53. The zero-order valence-electron chi connectivity index (χ0n) is 16.1. The Bertz CT molecular complexity index is 1340. The minimum atomic E-state index is 0.731. The molecule has 29 heavy (non-hydrogen) atoms. The number of imidazole rings is 1. The minimum absolute atomic E-state index is 0.731. The van der Waals surface area contributed by atoms with E-state index in [1.54, 1.807) is 7.11 Å². The Morgan fingerprint density at radius 2 is 1.69 bits per heavy atom. The van der Waals surface area contributed by atoms with Crippen LogP contribution in [-0.4, -0.2) is 26.9 Å². The van der Waals surface area contributed by atoms with Crippen LogP contribution in [0.3, 0.4) is 0 Å². The maximum atomic E-state index is 5.50. The highest BCUT2D eigenvalue weighted by molar-refractivity contribution is 5.95. The topological polar surface area (TPSA) is 64.9 Å². The first kappa shape index (κ1) is 17.2. The molecular formula is C23H19N5O. The molecule has 0 saturated carbocycles. The first-order chi connectivity index (χ1) is 14.2. The van der Waals surface area contributed by atoms with Crippen molar-refractivity contribution in [2.75, 3.05) is 12.4 Å². The first-order valence-electron chi connectivity index (χ1n) is 9.34. The fourth-order valence-corrected chi connectivity index (χ4v) is 3.58. The Hall–Kier alpha value is -3.93. The monoisotopic (exact) mass is 381 g/mol.